The predicted molar refractivity (Wildman–Crippen MR) is 146 cm³/mol. The minimum atomic E-state index is -0.970. The summed E-state index contributed by atoms with van der Waals surface area (Å²) in [5.41, 5.74) is 2.09. The highest BCUT2D eigenvalue weighted by molar-refractivity contribution is 5.98. The molecule has 8 heteroatoms. The average molecular weight is 528 g/mol. The van der Waals surface area contributed by atoms with E-state index in [4.69, 9.17) is 9.47 Å². The van der Waals surface area contributed by atoms with Crippen LogP contribution in [0.2, 0.25) is 0 Å². The second-order valence-electron chi connectivity index (χ2n) is 10.0. The Balaban J connectivity index is 1.35. The van der Waals surface area contributed by atoms with Crippen molar-refractivity contribution >= 4 is 17.7 Å². The summed E-state index contributed by atoms with van der Waals surface area (Å²) in [6.07, 6.45) is 0.811. The lowest BCUT2D eigenvalue weighted by atomic mass is 9.96. The topological polar surface area (TPSA) is 88.2 Å². The number of rotatable bonds is 6. The summed E-state index contributed by atoms with van der Waals surface area (Å²) in [6.45, 7) is 3.21. The maximum atomic E-state index is 13.9. The summed E-state index contributed by atoms with van der Waals surface area (Å²) in [5.74, 6) is 0.00834. The van der Waals surface area contributed by atoms with Crippen molar-refractivity contribution in [3.8, 4) is 5.75 Å². The second-order valence-corrected chi connectivity index (χ2v) is 10.0. The maximum Gasteiger partial charge on any atom is 0.256 e. The SMILES string of the molecule is COc1cccc(C(=O)N2CCC3(CC2)OCC(C(=O)NCc2ccccc2)N3C(=O)c2ccc(C)cc2)c1. The smallest absolute Gasteiger partial charge is 0.256 e. The molecule has 0 aromatic heterocycles. The Hall–Kier alpha value is -4.17. The van der Waals surface area contributed by atoms with Crippen LogP contribution in [0.4, 0.5) is 0 Å². The van der Waals surface area contributed by atoms with Gasteiger partial charge in [0.05, 0.1) is 13.7 Å². The Morgan fingerprint density at radius 3 is 2.33 bits per heavy atom. The number of hydrogen-bond acceptors (Lipinski definition) is 5. The van der Waals surface area contributed by atoms with Crippen molar-refractivity contribution in [1.29, 1.82) is 0 Å². The third-order valence-corrected chi connectivity index (χ3v) is 7.54. The molecular formula is C31H33N3O5. The molecule has 1 unspecified atom stereocenters. The molecule has 1 atom stereocenters. The van der Waals surface area contributed by atoms with Gasteiger partial charge in [-0.05, 0) is 42.8 Å². The first-order valence-electron chi connectivity index (χ1n) is 13.2. The van der Waals surface area contributed by atoms with E-state index in [1.807, 2.05) is 49.4 Å². The number of carbonyl (C=O) groups is 3. The average Bonchev–Trinajstić information content (AvgIpc) is 3.35. The molecule has 39 heavy (non-hydrogen) atoms. The zero-order valence-corrected chi connectivity index (χ0v) is 22.3. The van der Waals surface area contributed by atoms with Crippen molar-refractivity contribution in [2.45, 2.75) is 38.1 Å². The molecule has 202 valence electrons. The molecule has 3 aromatic rings. The van der Waals surface area contributed by atoms with Crippen molar-refractivity contribution in [3.05, 3.63) is 101 Å². The third-order valence-electron chi connectivity index (χ3n) is 7.54. The number of amides is 3. The Labute approximate surface area is 228 Å². The van der Waals surface area contributed by atoms with E-state index >= 15 is 0 Å². The molecule has 1 spiro atoms. The highest BCUT2D eigenvalue weighted by Crippen LogP contribution is 2.39. The molecule has 2 fully saturated rings. The predicted octanol–water partition coefficient (Wildman–Crippen LogP) is 3.79. The molecule has 0 aliphatic carbocycles. The van der Waals surface area contributed by atoms with Crippen molar-refractivity contribution in [1.82, 2.24) is 15.1 Å². The normalized spacial score (nSPS) is 18.2. The highest BCUT2D eigenvalue weighted by Gasteiger charge is 2.54. The van der Waals surface area contributed by atoms with Gasteiger partial charge in [-0.1, -0.05) is 54.1 Å². The van der Waals surface area contributed by atoms with Crippen LogP contribution in [-0.2, 0) is 16.1 Å². The first-order valence-corrected chi connectivity index (χ1v) is 13.2. The van der Waals surface area contributed by atoms with Crippen LogP contribution in [0.1, 0.15) is 44.7 Å². The van der Waals surface area contributed by atoms with E-state index in [9.17, 15) is 14.4 Å². The molecule has 3 amide bonds. The maximum absolute atomic E-state index is 13.9. The number of aryl methyl sites for hydroxylation is 1. The summed E-state index contributed by atoms with van der Waals surface area (Å²) in [5, 5.41) is 2.98. The zero-order chi connectivity index (χ0) is 27.4. The van der Waals surface area contributed by atoms with Gasteiger partial charge in [0.25, 0.3) is 11.8 Å². The van der Waals surface area contributed by atoms with Crippen LogP contribution < -0.4 is 10.1 Å². The standard InChI is InChI=1S/C31H33N3O5/c1-22-11-13-24(14-12-22)30(37)34-27(28(35)32-20-23-7-4-3-5-8-23)21-39-31(34)15-17-33(18-16-31)29(36)25-9-6-10-26(19-25)38-2/h3-14,19,27H,15-18,20-21H2,1-2H3,(H,32,35). The molecule has 0 radical (unpaired) electrons. The number of methoxy groups -OCH3 is 1. The zero-order valence-electron chi connectivity index (χ0n) is 22.3. The summed E-state index contributed by atoms with van der Waals surface area (Å²) in [6, 6.07) is 23.3. The molecule has 0 bridgehead atoms. The molecule has 2 aliphatic heterocycles. The molecule has 2 aliphatic rings. The minimum absolute atomic E-state index is 0.0993. The number of ether oxygens (including phenoxy) is 2. The lowest BCUT2D eigenvalue weighted by Crippen LogP contribution is -2.59. The number of hydrogen-bond donors (Lipinski definition) is 1. The molecular weight excluding hydrogens is 494 g/mol. The van der Waals surface area contributed by atoms with Crippen LogP contribution in [0.5, 0.6) is 5.75 Å². The van der Waals surface area contributed by atoms with Crippen LogP contribution >= 0.6 is 0 Å². The number of nitrogens with zero attached hydrogens (tertiary/aromatic N) is 2. The fourth-order valence-electron chi connectivity index (χ4n) is 5.30. The van der Waals surface area contributed by atoms with Crippen LogP contribution in [0, 0.1) is 6.92 Å². The van der Waals surface area contributed by atoms with Gasteiger partial charge in [-0.15, -0.1) is 0 Å². The fourth-order valence-corrected chi connectivity index (χ4v) is 5.30. The van der Waals surface area contributed by atoms with Gasteiger partial charge in [0, 0.05) is 43.6 Å². The Morgan fingerprint density at radius 1 is 0.923 bits per heavy atom. The lowest BCUT2D eigenvalue weighted by Gasteiger charge is -2.44. The van der Waals surface area contributed by atoms with Crippen LogP contribution in [0.25, 0.3) is 0 Å². The minimum Gasteiger partial charge on any atom is -0.497 e. The van der Waals surface area contributed by atoms with E-state index in [0.717, 1.165) is 11.1 Å². The van der Waals surface area contributed by atoms with Gasteiger partial charge in [0.2, 0.25) is 5.91 Å². The Bertz CT molecular complexity index is 1330. The van der Waals surface area contributed by atoms with Crippen LogP contribution in [-0.4, -0.2) is 66.1 Å². The van der Waals surface area contributed by atoms with Crippen LogP contribution in [0.15, 0.2) is 78.9 Å². The van der Waals surface area contributed by atoms with Crippen molar-refractivity contribution in [2.75, 3.05) is 26.8 Å². The largest absolute Gasteiger partial charge is 0.497 e. The van der Waals surface area contributed by atoms with E-state index in [0.29, 0.717) is 49.4 Å². The van der Waals surface area contributed by atoms with E-state index in [1.165, 1.54) is 0 Å². The van der Waals surface area contributed by atoms with Gasteiger partial charge in [0.1, 0.15) is 17.5 Å². The monoisotopic (exact) mass is 527 g/mol. The van der Waals surface area contributed by atoms with Gasteiger partial charge in [0.15, 0.2) is 0 Å². The summed E-state index contributed by atoms with van der Waals surface area (Å²) in [7, 11) is 1.57. The Kier molecular flexibility index (Phi) is 7.65. The van der Waals surface area contributed by atoms with E-state index in [1.54, 1.807) is 53.3 Å². The summed E-state index contributed by atoms with van der Waals surface area (Å²) in [4.78, 5) is 43.9. The molecule has 8 nitrogen and oxygen atoms in total. The van der Waals surface area contributed by atoms with Gasteiger partial charge in [-0.2, -0.15) is 0 Å². The molecule has 2 heterocycles. The van der Waals surface area contributed by atoms with Gasteiger partial charge in [-0.3, -0.25) is 19.3 Å². The number of piperidine rings is 1. The fraction of sp³-hybridized carbons (Fsp3) is 0.323. The summed E-state index contributed by atoms with van der Waals surface area (Å²) >= 11 is 0. The van der Waals surface area contributed by atoms with E-state index in [-0.39, 0.29) is 24.3 Å². The van der Waals surface area contributed by atoms with Gasteiger partial charge in [-0.25, -0.2) is 0 Å². The Morgan fingerprint density at radius 2 is 1.64 bits per heavy atom. The number of carbonyl (C=O) groups excluding carboxylic acids is 3. The highest BCUT2D eigenvalue weighted by atomic mass is 16.5. The van der Waals surface area contributed by atoms with E-state index < -0.39 is 11.8 Å². The first kappa shape index (κ1) is 26.4. The number of benzene rings is 3. The molecule has 0 saturated carbocycles. The van der Waals surface area contributed by atoms with Crippen molar-refractivity contribution < 1.29 is 23.9 Å². The van der Waals surface area contributed by atoms with Gasteiger partial charge >= 0.3 is 0 Å². The molecule has 1 N–H and O–H groups in total. The molecule has 5 rings (SSSR count). The van der Waals surface area contributed by atoms with Crippen LogP contribution in [0.3, 0.4) is 0 Å². The van der Waals surface area contributed by atoms with Gasteiger partial charge < -0.3 is 19.7 Å². The third kappa shape index (κ3) is 5.52. The molecule has 3 aromatic carbocycles. The molecule has 2 saturated heterocycles. The van der Waals surface area contributed by atoms with Crippen molar-refractivity contribution in [2.24, 2.45) is 0 Å². The number of likely N-dealkylation sites (tertiary alicyclic amines) is 1. The second kappa shape index (κ2) is 11.3. The summed E-state index contributed by atoms with van der Waals surface area (Å²) < 4.78 is 11.6. The lowest BCUT2D eigenvalue weighted by molar-refractivity contribution is -0.128. The first-order chi connectivity index (χ1) is 18.9. The van der Waals surface area contributed by atoms with Crippen molar-refractivity contribution in [3.63, 3.8) is 0 Å². The number of nitrogens with one attached hydrogen (secondary N) is 1. The quantitative estimate of drug-likeness (QED) is 0.527. The van der Waals surface area contributed by atoms with E-state index in [2.05, 4.69) is 5.32 Å².